The van der Waals surface area contributed by atoms with Gasteiger partial charge in [0.05, 0.1) is 13.5 Å². The highest BCUT2D eigenvalue weighted by atomic mass is 19.4. The second kappa shape index (κ2) is 16.7. The summed E-state index contributed by atoms with van der Waals surface area (Å²) in [6.07, 6.45) is 4.26. The topological polar surface area (TPSA) is 131 Å². The summed E-state index contributed by atoms with van der Waals surface area (Å²) >= 11 is 0. The highest BCUT2D eigenvalue weighted by Gasteiger charge is 2.38. The highest BCUT2D eigenvalue weighted by Crippen LogP contribution is 2.29. The van der Waals surface area contributed by atoms with Gasteiger partial charge in [0.25, 0.3) is 0 Å². The van der Waals surface area contributed by atoms with Crippen LogP contribution >= 0.6 is 0 Å². The number of carboxylic acid groups (broad SMARTS) is 1. The largest absolute Gasteiger partial charge is 0.497 e. The van der Waals surface area contributed by atoms with Gasteiger partial charge in [-0.3, -0.25) is 14.9 Å². The van der Waals surface area contributed by atoms with E-state index in [0.717, 1.165) is 37.7 Å². The van der Waals surface area contributed by atoms with Gasteiger partial charge in [-0.15, -0.1) is 0 Å². The molecule has 0 aliphatic heterocycles. The quantitative estimate of drug-likeness (QED) is 0.265. The summed E-state index contributed by atoms with van der Waals surface area (Å²) in [5.41, 5.74) is 6.88. The molecular formula is C27H40F3N3O5. The van der Waals surface area contributed by atoms with E-state index in [9.17, 15) is 22.8 Å². The lowest BCUT2D eigenvalue weighted by Gasteiger charge is -2.24. The van der Waals surface area contributed by atoms with Gasteiger partial charge in [-0.25, -0.2) is 9.79 Å². The molecular weight excluding hydrogens is 503 g/mol. The van der Waals surface area contributed by atoms with Crippen LogP contribution in [0.25, 0.3) is 0 Å². The number of alkyl halides is 3. The molecule has 0 radical (unpaired) electrons. The molecule has 214 valence electrons. The Kier molecular flexibility index (Phi) is 14.4. The lowest BCUT2D eigenvalue weighted by molar-refractivity contribution is -0.192. The standard InChI is InChI=1S/C25H39N3O3.C2HF3O2/c1-4-18(2)13-14-23(29)22(16-19-9-6-5-7-10-19)27-25(26)28-24(30)17-20-11-8-12-21(15-20)31-3;3-2(4,5)1(6)7/h8,11-12,15,18-19,22H,4-7,9-10,13-14,16-17H2,1-3H3,(H3,26,27,28,30);(H,6,7)/t18-,22+;/m0./s1. The Bertz CT molecular complexity index is 931. The fourth-order valence-corrected chi connectivity index (χ4v) is 4.11. The predicted molar refractivity (Wildman–Crippen MR) is 139 cm³/mol. The van der Waals surface area contributed by atoms with Crippen molar-refractivity contribution in [2.75, 3.05) is 7.11 Å². The summed E-state index contributed by atoms with van der Waals surface area (Å²) in [5, 5.41) is 9.79. The van der Waals surface area contributed by atoms with Crippen molar-refractivity contribution in [2.24, 2.45) is 22.6 Å². The summed E-state index contributed by atoms with van der Waals surface area (Å²) in [7, 11) is 1.59. The third-order valence-electron chi connectivity index (χ3n) is 6.54. The van der Waals surface area contributed by atoms with Crippen molar-refractivity contribution >= 4 is 23.6 Å². The van der Waals surface area contributed by atoms with Gasteiger partial charge < -0.3 is 15.6 Å². The fourth-order valence-electron chi connectivity index (χ4n) is 4.11. The summed E-state index contributed by atoms with van der Waals surface area (Å²) < 4.78 is 36.9. The summed E-state index contributed by atoms with van der Waals surface area (Å²) in [5.74, 6) is -1.11. The third kappa shape index (κ3) is 13.4. The zero-order valence-electron chi connectivity index (χ0n) is 22.4. The van der Waals surface area contributed by atoms with Crippen molar-refractivity contribution in [3.63, 3.8) is 0 Å². The number of carbonyl (C=O) groups is 3. The van der Waals surface area contributed by atoms with Gasteiger partial charge in [0.1, 0.15) is 11.8 Å². The highest BCUT2D eigenvalue weighted by molar-refractivity contribution is 5.98. The Morgan fingerprint density at radius 2 is 1.84 bits per heavy atom. The molecule has 1 saturated carbocycles. The van der Waals surface area contributed by atoms with E-state index in [1.807, 2.05) is 24.3 Å². The number of guanidine groups is 1. The number of Topliss-reactive ketones (excluding diaryl/α,β-unsaturated/α-hetero) is 1. The summed E-state index contributed by atoms with van der Waals surface area (Å²) in [6.45, 7) is 4.31. The van der Waals surface area contributed by atoms with E-state index >= 15 is 0 Å². The second-order valence-electron chi connectivity index (χ2n) is 9.67. The van der Waals surface area contributed by atoms with Crippen LogP contribution in [0.2, 0.25) is 0 Å². The summed E-state index contributed by atoms with van der Waals surface area (Å²) in [4.78, 5) is 38.7. The average Bonchev–Trinajstić information content (AvgIpc) is 2.87. The van der Waals surface area contributed by atoms with Crippen LogP contribution in [0.1, 0.15) is 77.2 Å². The number of aliphatic carboxylic acids is 1. The number of methoxy groups -OCH3 is 1. The van der Waals surface area contributed by atoms with Crippen LogP contribution in [0.15, 0.2) is 29.3 Å². The number of nitrogens with two attached hydrogens (primary N) is 1. The van der Waals surface area contributed by atoms with Crippen LogP contribution in [0.3, 0.4) is 0 Å². The van der Waals surface area contributed by atoms with Crippen molar-refractivity contribution in [3.8, 4) is 5.75 Å². The SMILES string of the molecule is CC[C@H](C)CCC(=O)[C@@H](CC1CCCCC1)N=C(N)NC(=O)Cc1cccc(OC)c1.O=C(O)C(F)(F)F. The van der Waals surface area contributed by atoms with Crippen LogP contribution in [0, 0.1) is 11.8 Å². The molecule has 0 spiro atoms. The maximum Gasteiger partial charge on any atom is 0.490 e. The van der Waals surface area contributed by atoms with E-state index in [0.29, 0.717) is 24.0 Å². The minimum Gasteiger partial charge on any atom is -0.497 e. The molecule has 0 bridgehead atoms. The molecule has 2 atom stereocenters. The number of rotatable bonds is 11. The van der Waals surface area contributed by atoms with Crippen LogP contribution in [-0.2, 0) is 20.8 Å². The predicted octanol–water partition coefficient (Wildman–Crippen LogP) is 5.04. The lowest BCUT2D eigenvalue weighted by Crippen LogP contribution is -2.40. The molecule has 38 heavy (non-hydrogen) atoms. The summed E-state index contributed by atoms with van der Waals surface area (Å²) in [6, 6.07) is 6.88. The first kappa shape index (κ1) is 32.9. The van der Waals surface area contributed by atoms with Gasteiger partial charge in [0, 0.05) is 6.42 Å². The molecule has 1 aromatic carbocycles. The number of carbonyl (C=O) groups excluding carboxylic acids is 2. The monoisotopic (exact) mass is 543 g/mol. The van der Waals surface area contributed by atoms with Gasteiger partial charge in [-0.2, -0.15) is 13.2 Å². The molecule has 1 aromatic rings. The van der Waals surface area contributed by atoms with E-state index in [4.69, 9.17) is 20.4 Å². The van der Waals surface area contributed by atoms with Gasteiger partial charge in [-0.1, -0.05) is 64.5 Å². The van der Waals surface area contributed by atoms with Gasteiger partial charge in [0.15, 0.2) is 11.7 Å². The first-order chi connectivity index (χ1) is 17.8. The Balaban J connectivity index is 0.000000905. The molecule has 0 aromatic heterocycles. The Hall–Kier alpha value is -3.11. The first-order valence-electron chi connectivity index (χ1n) is 12.9. The number of nitrogens with one attached hydrogen (secondary N) is 1. The number of carboxylic acids is 1. The maximum atomic E-state index is 12.9. The number of hydrogen-bond acceptors (Lipinski definition) is 5. The molecule has 1 amide bonds. The third-order valence-corrected chi connectivity index (χ3v) is 6.54. The fraction of sp³-hybridized carbons (Fsp3) is 0.630. The molecule has 8 nitrogen and oxygen atoms in total. The number of amides is 1. The smallest absolute Gasteiger partial charge is 0.490 e. The molecule has 1 aliphatic rings. The molecule has 11 heteroatoms. The van der Waals surface area contributed by atoms with E-state index in [-0.39, 0.29) is 24.1 Å². The van der Waals surface area contributed by atoms with Crippen LogP contribution < -0.4 is 15.8 Å². The minimum atomic E-state index is -5.08. The number of aliphatic imine (C=N–C) groups is 1. The second-order valence-corrected chi connectivity index (χ2v) is 9.67. The molecule has 0 saturated heterocycles. The zero-order valence-corrected chi connectivity index (χ0v) is 22.4. The van der Waals surface area contributed by atoms with Gasteiger partial charge in [-0.05, 0) is 42.4 Å². The molecule has 1 aliphatic carbocycles. The lowest BCUT2D eigenvalue weighted by atomic mass is 9.83. The number of ether oxygens (including phenoxy) is 1. The van der Waals surface area contributed by atoms with Crippen molar-refractivity contribution in [3.05, 3.63) is 29.8 Å². The van der Waals surface area contributed by atoms with Crippen LogP contribution in [0.5, 0.6) is 5.75 Å². The normalized spacial score (nSPS) is 16.0. The Morgan fingerprint density at radius 1 is 1.21 bits per heavy atom. The number of hydrogen-bond donors (Lipinski definition) is 3. The minimum absolute atomic E-state index is 0.0330. The van der Waals surface area contributed by atoms with Crippen molar-refractivity contribution in [1.29, 1.82) is 0 Å². The van der Waals surface area contributed by atoms with Crippen molar-refractivity contribution < 1.29 is 37.4 Å². The number of nitrogens with zero attached hydrogens (tertiary/aromatic N) is 1. The molecule has 4 N–H and O–H groups in total. The van der Waals surface area contributed by atoms with Crippen molar-refractivity contribution in [2.45, 2.75) is 90.3 Å². The number of halogens is 3. The van der Waals surface area contributed by atoms with Gasteiger partial charge >= 0.3 is 12.1 Å². The maximum absolute atomic E-state index is 12.9. The van der Waals surface area contributed by atoms with Crippen LogP contribution in [0.4, 0.5) is 13.2 Å². The molecule has 1 fully saturated rings. The van der Waals surface area contributed by atoms with E-state index in [2.05, 4.69) is 24.2 Å². The molecule has 2 rings (SSSR count). The Labute approximate surface area is 222 Å². The van der Waals surface area contributed by atoms with Crippen molar-refractivity contribution in [1.82, 2.24) is 5.32 Å². The molecule has 0 unspecified atom stereocenters. The molecule has 0 heterocycles. The van der Waals surface area contributed by atoms with E-state index in [1.54, 1.807) is 7.11 Å². The number of ketones is 1. The Morgan fingerprint density at radius 3 is 2.39 bits per heavy atom. The van der Waals surface area contributed by atoms with E-state index < -0.39 is 18.2 Å². The first-order valence-corrected chi connectivity index (χ1v) is 12.9. The zero-order chi connectivity index (χ0) is 28.7. The average molecular weight is 544 g/mol. The van der Waals surface area contributed by atoms with Gasteiger partial charge in [0.2, 0.25) is 5.91 Å². The van der Waals surface area contributed by atoms with Crippen LogP contribution in [-0.4, -0.2) is 48.1 Å². The number of benzene rings is 1. The van der Waals surface area contributed by atoms with E-state index in [1.165, 1.54) is 19.3 Å².